The second-order valence-corrected chi connectivity index (χ2v) is 5.70. The number of nitrogens with one attached hydrogen (secondary N) is 1. The lowest BCUT2D eigenvalue weighted by molar-refractivity contribution is -0.116. The average molecular weight is 295 g/mol. The smallest absolute Gasteiger partial charge is 0.246 e. The number of amides is 1. The highest BCUT2D eigenvalue weighted by atomic mass is 32.2. The Hall–Kier alpha value is -2.26. The Morgan fingerprint density at radius 3 is 2.80 bits per heavy atom. The molecular formula is C11H13N5O3S. The first-order valence-electron chi connectivity index (χ1n) is 5.62. The second kappa shape index (κ2) is 5.39. The molecule has 0 fully saturated rings. The molecule has 0 aliphatic rings. The number of anilines is 1. The maximum absolute atomic E-state index is 11.7. The van der Waals surface area contributed by atoms with E-state index in [0.29, 0.717) is 11.3 Å². The van der Waals surface area contributed by atoms with Crippen LogP contribution in [0, 0.1) is 6.92 Å². The van der Waals surface area contributed by atoms with Crippen LogP contribution < -0.4 is 10.5 Å². The van der Waals surface area contributed by atoms with Crippen molar-refractivity contribution in [2.24, 2.45) is 5.14 Å². The highest BCUT2D eigenvalue weighted by molar-refractivity contribution is 7.89. The molecule has 0 spiro atoms. The van der Waals surface area contributed by atoms with Crippen LogP contribution in [0.2, 0.25) is 0 Å². The molecule has 0 saturated carbocycles. The highest BCUT2D eigenvalue weighted by Gasteiger charge is 2.13. The van der Waals surface area contributed by atoms with E-state index in [1.807, 2.05) is 0 Å². The number of aromatic nitrogens is 3. The normalized spacial score (nSPS) is 11.3. The minimum Gasteiger partial charge on any atom is -0.324 e. The number of aryl methyl sites for hydroxylation is 1. The average Bonchev–Trinajstić information content (AvgIpc) is 2.83. The number of carbonyl (C=O) groups excluding carboxylic acids is 1. The van der Waals surface area contributed by atoms with Gasteiger partial charge in [-0.1, -0.05) is 6.07 Å². The van der Waals surface area contributed by atoms with Gasteiger partial charge in [-0.2, -0.15) is 5.10 Å². The summed E-state index contributed by atoms with van der Waals surface area (Å²) in [6.07, 6.45) is 2.72. The van der Waals surface area contributed by atoms with Crippen LogP contribution in [0.25, 0.3) is 0 Å². The minimum absolute atomic E-state index is 0.0153. The molecule has 2 aromatic rings. The van der Waals surface area contributed by atoms with E-state index in [1.165, 1.54) is 23.4 Å². The topological polar surface area (TPSA) is 120 Å². The minimum atomic E-state index is -3.82. The molecule has 20 heavy (non-hydrogen) atoms. The largest absolute Gasteiger partial charge is 0.324 e. The third kappa shape index (κ3) is 3.39. The number of benzene rings is 1. The molecule has 106 valence electrons. The first-order chi connectivity index (χ1) is 9.36. The van der Waals surface area contributed by atoms with Crippen molar-refractivity contribution in [2.45, 2.75) is 18.4 Å². The Kier molecular flexibility index (Phi) is 3.81. The van der Waals surface area contributed by atoms with E-state index < -0.39 is 10.0 Å². The number of rotatable bonds is 4. The van der Waals surface area contributed by atoms with Gasteiger partial charge in [-0.05, 0) is 24.6 Å². The predicted octanol–water partition coefficient (Wildman–Crippen LogP) is -0.127. The van der Waals surface area contributed by atoms with Crippen molar-refractivity contribution in [3.8, 4) is 0 Å². The van der Waals surface area contributed by atoms with Crippen LogP contribution in [0.15, 0.2) is 35.7 Å². The molecule has 1 aromatic heterocycles. The van der Waals surface area contributed by atoms with Crippen LogP contribution in [0.4, 0.5) is 5.69 Å². The first-order valence-corrected chi connectivity index (χ1v) is 7.16. The molecule has 0 unspecified atom stereocenters. The molecule has 3 N–H and O–H groups in total. The number of hydrogen-bond acceptors (Lipinski definition) is 5. The fraction of sp³-hybridized carbons (Fsp3) is 0.182. The van der Waals surface area contributed by atoms with E-state index >= 15 is 0 Å². The lowest BCUT2D eigenvalue weighted by atomic mass is 10.2. The summed E-state index contributed by atoms with van der Waals surface area (Å²) in [5.41, 5.74) is 0.867. The number of nitrogens with two attached hydrogens (primary N) is 1. The molecule has 0 aliphatic carbocycles. The SMILES string of the molecule is Cc1ccc(NC(=O)Cn2cncn2)cc1S(N)(=O)=O. The van der Waals surface area contributed by atoms with E-state index in [-0.39, 0.29) is 17.3 Å². The number of nitrogens with zero attached hydrogens (tertiary/aromatic N) is 3. The summed E-state index contributed by atoms with van der Waals surface area (Å²) in [6, 6.07) is 4.50. The van der Waals surface area contributed by atoms with Crippen LogP contribution in [-0.2, 0) is 21.4 Å². The third-order valence-corrected chi connectivity index (χ3v) is 3.60. The first kappa shape index (κ1) is 14.2. The van der Waals surface area contributed by atoms with Crippen molar-refractivity contribution in [3.63, 3.8) is 0 Å². The number of sulfonamides is 1. The summed E-state index contributed by atoms with van der Waals surface area (Å²) >= 11 is 0. The van der Waals surface area contributed by atoms with Crippen molar-refractivity contribution in [1.82, 2.24) is 14.8 Å². The summed E-state index contributed by atoms with van der Waals surface area (Å²) in [5.74, 6) is -0.347. The Morgan fingerprint density at radius 2 is 2.20 bits per heavy atom. The molecule has 1 heterocycles. The van der Waals surface area contributed by atoms with Gasteiger partial charge in [-0.15, -0.1) is 0 Å². The number of hydrogen-bond donors (Lipinski definition) is 2. The highest BCUT2D eigenvalue weighted by Crippen LogP contribution is 2.18. The molecule has 0 atom stereocenters. The molecule has 2 rings (SSSR count). The fourth-order valence-electron chi connectivity index (χ4n) is 1.65. The van der Waals surface area contributed by atoms with Gasteiger partial charge in [-0.25, -0.2) is 23.2 Å². The van der Waals surface area contributed by atoms with Crippen LogP contribution in [0.5, 0.6) is 0 Å². The van der Waals surface area contributed by atoms with Gasteiger partial charge >= 0.3 is 0 Å². The Labute approximate surface area is 115 Å². The molecule has 1 aromatic carbocycles. The van der Waals surface area contributed by atoms with Crippen molar-refractivity contribution in [1.29, 1.82) is 0 Å². The molecule has 1 amide bonds. The van der Waals surface area contributed by atoms with Gasteiger partial charge in [-0.3, -0.25) is 4.79 Å². The van der Waals surface area contributed by atoms with Crippen LogP contribution >= 0.6 is 0 Å². The van der Waals surface area contributed by atoms with Crippen molar-refractivity contribution in [2.75, 3.05) is 5.32 Å². The Balaban J connectivity index is 2.16. The van der Waals surface area contributed by atoms with Crippen molar-refractivity contribution < 1.29 is 13.2 Å². The van der Waals surface area contributed by atoms with Gasteiger partial charge in [0.2, 0.25) is 15.9 Å². The molecule has 0 saturated heterocycles. The second-order valence-electron chi connectivity index (χ2n) is 4.17. The maximum atomic E-state index is 11.7. The summed E-state index contributed by atoms with van der Waals surface area (Å²) in [7, 11) is -3.82. The molecule has 0 bridgehead atoms. The van der Waals surface area contributed by atoms with Gasteiger partial charge in [0.25, 0.3) is 0 Å². The quantitative estimate of drug-likeness (QED) is 0.814. The monoisotopic (exact) mass is 295 g/mol. The van der Waals surface area contributed by atoms with Crippen LogP contribution in [0.1, 0.15) is 5.56 Å². The van der Waals surface area contributed by atoms with Gasteiger partial charge < -0.3 is 5.32 Å². The lowest BCUT2D eigenvalue weighted by Crippen LogP contribution is -2.20. The van der Waals surface area contributed by atoms with Gasteiger partial charge in [0, 0.05) is 5.69 Å². The van der Waals surface area contributed by atoms with Crippen LogP contribution in [-0.4, -0.2) is 29.1 Å². The Morgan fingerprint density at radius 1 is 1.45 bits per heavy atom. The zero-order chi connectivity index (χ0) is 14.8. The number of primary sulfonamides is 1. The third-order valence-electron chi connectivity index (χ3n) is 2.55. The maximum Gasteiger partial charge on any atom is 0.246 e. The van der Waals surface area contributed by atoms with Crippen molar-refractivity contribution in [3.05, 3.63) is 36.4 Å². The standard InChI is InChI=1S/C11H13N5O3S/c1-8-2-3-9(4-10(8)20(12,18)19)15-11(17)5-16-7-13-6-14-16/h2-4,6-7H,5H2,1H3,(H,15,17)(H2,12,18,19). The summed E-state index contributed by atoms with van der Waals surface area (Å²) < 4.78 is 24.1. The molecule has 0 aliphatic heterocycles. The zero-order valence-electron chi connectivity index (χ0n) is 10.6. The van der Waals surface area contributed by atoms with E-state index in [1.54, 1.807) is 19.1 Å². The van der Waals surface area contributed by atoms with E-state index in [0.717, 1.165) is 0 Å². The summed E-state index contributed by atoms with van der Waals surface area (Å²) in [6.45, 7) is 1.61. The van der Waals surface area contributed by atoms with E-state index in [2.05, 4.69) is 15.4 Å². The van der Waals surface area contributed by atoms with Crippen molar-refractivity contribution >= 4 is 21.6 Å². The molecule has 0 radical (unpaired) electrons. The van der Waals surface area contributed by atoms with Gasteiger partial charge in [0.05, 0.1) is 4.90 Å². The van der Waals surface area contributed by atoms with Gasteiger partial charge in [0.15, 0.2) is 0 Å². The molecule has 8 nitrogen and oxygen atoms in total. The molecular weight excluding hydrogens is 282 g/mol. The van der Waals surface area contributed by atoms with E-state index in [4.69, 9.17) is 5.14 Å². The van der Waals surface area contributed by atoms with E-state index in [9.17, 15) is 13.2 Å². The fourth-order valence-corrected chi connectivity index (χ4v) is 2.45. The van der Waals surface area contributed by atoms with Gasteiger partial charge in [0.1, 0.15) is 19.2 Å². The summed E-state index contributed by atoms with van der Waals surface area (Å²) in [4.78, 5) is 15.4. The number of carbonyl (C=O) groups is 1. The Bertz CT molecular complexity index is 725. The van der Waals surface area contributed by atoms with Crippen LogP contribution in [0.3, 0.4) is 0 Å². The zero-order valence-corrected chi connectivity index (χ0v) is 11.5. The predicted molar refractivity (Wildman–Crippen MR) is 71.2 cm³/mol. The molecule has 9 heteroatoms. The lowest BCUT2D eigenvalue weighted by Gasteiger charge is -2.08. The summed E-state index contributed by atoms with van der Waals surface area (Å²) in [5, 5.41) is 11.5.